The number of rotatable bonds is 2. The Morgan fingerprint density at radius 3 is 2.70 bits per heavy atom. The van der Waals surface area contributed by atoms with E-state index in [0.717, 1.165) is 17.8 Å². The van der Waals surface area contributed by atoms with E-state index in [9.17, 15) is 23.1 Å². The summed E-state index contributed by atoms with van der Waals surface area (Å²) in [6.07, 6.45) is -4.26. The number of hydrogen-bond acceptors (Lipinski definition) is 3. The Bertz CT molecular complexity index is 746. The Kier molecular flexibility index (Phi) is 3.81. The van der Waals surface area contributed by atoms with E-state index in [1.165, 1.54) is 6.07 Å². The topological polar surface area (TPSA) is 62.2 Å². The van der Waals surface area contributed by atoms with Gasteiger partial charge in [0.1, 0.15) is 0 Å². The molecule has 3 rings (SSSR count). The molecule has 1 aliphatic rings. The third-order valence-electron chi connectivity index (χ3n) is 3.81. The van der Waals surface area contributed by atoms with Crippen molar-refractivity contribution in [2.45, 2.75) is 24.7 Å². The van der Waals surface area contributed by atoms with E-state index in [1.54, 1.807) is 18.2 Å². The van der Waals surface area contributed by atoms with Crippen LogP contribution in [0.3, 0.4) is 0 Å². The Hall–Kier alpha value is -2.41. The van der Waals surface area contributed by atoms with Gasteiger partial charge in [-0.05, 0) is 23.3 Å². The Labute approximate surface area is 130 Å². The average molecular weight is 322 g/mol. The van der Waals surface area contributed by atoms with Crippen LogP contribution < -0.4 is 5.32 Å². The first-order valence-electron chi connectivity index (χ1n) is 6.97. The van der Waals surface area contributed by atoms with Gasteiger partial charge in [0.05, 0.1) is 17.7 Å². The zero-order chi connectivity index (χ0) is 16.6. The number of alkyl halides is 3. The van der Waals surface area contributed by atoms with E-state index in [1.807, 2.05) is 6.07 Å². The van der Waals surface area contributed by atoms with Gasteiger partial charge in [0.15, 0.2) is 5.69 Å². The van der Waals surface area contributed by atoms with Crippen molar-refractivity contribution < 1.29 is 23.1 Å². The van der Waals surface area contributed by atoms with Gasteiger partial charge in [0.25, 0.3) is 5.91 Å². The number of nitrogens with one attached hydrogen (secondary N) is 1. The second-order valence-corrected chi connectivity index (χ2v) is 5.32. The van der Waals surface area contributed by atoms with Gasteiger partial charge >= 0.3 is 6.18 Å². The Morgan fingerprint density at radius 1 is 1.22 bits per heavy atom. The van der Waals surface area contributed by atoms with E-state index in [4.69, 9.17) is 0 Å². The molecule has 0 unspecified atom stereocenters. The van der Waals surface area contributed by atoms with Crippen molar-refractivity contribution in [1.29, 1.82) is 0 Å². The lowest BCUT2D eigenvalue weighted by atomic mass is 10.1. The fourth-order valence-corrected chi connectivity index (χ4v) is 2.78. The van der Waals surface area contributed by atoms with Crippen molar-refractivity contribution in [2.24, 2.45) is 0 Å². The molecular weight excluding hydrogens is 309 g/mol. The van der Waals surface area contributed by atoms with Crippen molar-refractivity contribution >= 4 is 5.91 Å². The zero-order valence-corrected chi connectivity index (χ0v) is 11.8. The van der Waals surface area contributed by atoms with Gasteiger partial charge in [-0.1, -0.05) is 24.3 Å². The molecule has 0 spiro atoms. The highest BCUT2D eigenvalue weighted by Gasteiger charge is 2.38. The Balaban J connectivity index is 1.89. The number of aromatic nitrogens is 1. The molecule has 0 saturated carbocycles. The maximum atomic E-state index is 12.9. The van der Waals surface area contributed by atoms with Crippen molar-refractivity contribution in [3.05, 3.63) is 65.0 Å². The van der Waals surface area contributed by atoms with Crippen LogP contribution in [0.2, 0.25) is 0 Å². The number of halogens is 3. The van der Waals surface area contributed by atoms with Crippen LogP contribution in [-0.2, 0) is 12.6 Å². The second kappa shape index (κ2) is 5.66. The molecule has 1 aromatic carbocycles. The number of carbonyl (C=O) groups excluding carboxylic acids is 1. The standard InChI is InChI=1S/C16H13F3N2O2/c17-16(18,19)14-11(6-3-7-20-14)15(23)21-13-10-5-2-1-4-9(10)8-12(13)22/h1-7,12-13,22H,8H2,(H,21,23)/t12-,13+/m1/s1. The molecule has 1 heterocycles. The van der Waals surface area contributed by atoms with Crippen LogP contribution in [0.15, 0.2) is 42.6 Å². The predicted molar refractivity (Wildman–Crippen MR) is 75.6 cm³/mol. The van der Waals surface area contributed by atoms with Crippen LogP contribution in [0.25, 0.3) is 0 Å². The third-order valence-corrected chi connectivity index (χ3v) is 3.81. The summed E-state index contributed by atoms with van der Waals surface area (Å²) >= 11 is 0. The predicted octanol–water partition coefficient (Wildman–Crippen LogP) is 2.49. The van der Waals surface area contributed by atoms with Crippen LogP contribution in [-0.4, -0.2) is 22.1 Å². The molecule has 0 radical (unpaired) electrons. The molecule has 2 atom stereocenters. The van der Waals surface area contributed by atoms with Crippen LogP contribution in [0, 0.1) is 0 Å². The first kappa shape index (κ1) is 15.5. The van der Waals surface area contributed by atoms with Crippen molar-refractivity contribution in [1.82, 2.24) is 10.3 Å². The van der Waals surface area contributed by atoms with E-state index in [2.05, 4.69) is 10.3 Å². The summed E-state index contributed by atoms with van der Waals surface area (Å²) in [5.74, 6) is -0.911. The van der Waals surface area contributed by atoms with Crippen LogP contribution in [0.5, 0.6) is 0 Å². The van der Waals surface area contributed by atoms with E-state index in [-0.39, 0.29) is 0 Å². The summed E-state index contributed by atoms with van der Waals surface area (Å²) in [4.78, 5) is 15.5. The molecule has 0 bridgehead atoms. The van der Waals surface area contributed by atoms with Crippen LogP contribution in [0.4, 0.5) is 13.2 Å². The number of benzene rings is 1. The monoisotopic (exact) mass is 322 g/mol. The summed E-state index contributed by atoms with van der Waals surface area (Å²) in [6.45, 7) is 0. The minimum atomic E-state index is -4.72. The number of nitrogens with zero attached hydrogens (tertiary/aromatic N) is 1. The smallest absolute Gasteiger partial charge is 0.390 e. The molecule has 1 aliphatic carbocycles. The number of aliphatic hydroxyl groups excluding tert-OH is 1. The first-order valence-corrected chi connectivity index (χ1v) is 6.97. The number of hydrogen-bond donors (Lipinski definition) is 2. The molecule has 2 aromatic rings. The highest BCUT2D eigenvalue weighted by molar-refractivity contribution is 5.95. The number of aliphatic hydroxyl groups is 1. The molecule has 23 heavy (non-hydrogen) atoms. The molecule has 2 N–H and O–H groups in total. The lowest BCUT2D eigenvalue weighted by Gasteiger charge is -2.19. The minimum absolute atomic E-state index is 0.348. The van der Waals surface area contributed by atoms with Gasteiger partial charge < -0.3 is 10.4 Å². The van der Waals surface area contributed by atoms with Crippen LogP contribution >= 0.6 is 0 Å². The molecule has 1 aromatic heterocycles. The van der Waals surface area contributed by atoms with Crippen LogP contribution in [0.1, 0.15) is 33.2 Å². The van der Waals surface area contributed by atoms with E-state index in [0.29, 0.717) is 12.0 Å². The zero-order valence-electron chi connectivity index (χ0n) is 11.8. The van der Waals surface area contributed by atoms with Crippen molar-refractivity contribution in [3.8, 4) is 0 Å². The summed E-state index contributed by atoms with van der Waals surface area (Å²) in [5, 5.41) is 12.6. The van der Waals surface area contributed by atoms with E-state index >= 15 is 0 Å². The van der Waals surface area contributed by atoms with Gasteiger partial charge in [-0.25, -0.2) is 0 Å². The van der Waals surface area contributed by atoms with Gasteiger partial charge in [-0.2, -0.15) is 13.2 Å². The van der Waals surface area contributed by atoms with Gasteiger partial charge in [0.2, 0.25) is 0 Å². The Morgan fingerprint density at radius 2 is 1.96 bits per heavy atom. The third kappa shape index (κ3) is 2.92. The lowest BCUT2D eigenvalue weighted by Crippen LogP contribution is -2.35. The maximum Gasteiger partial charge on any atom is 0.434 e. The molecule has 0 fully saturated rings. The van der Waals surface area contributed by atoms with Crippen molar-refractivity contribution in [3.63, 3.8) is 0 Å². The molecule has 4 nitrogen and oxygen atoms in total. The SMILES string of the molecule is O=C(N[C@H]1c2ccccc2C[C@H]1O)c1cccnc1C(F)(F)F. The molecule has 7 heteroatoms. The van der Waals surface area contributed by atoms with Gasteiger partial charge in [-0.15, -0.1) is 0 Å². The number of carbonyl (C=O) groups is 1. The lowest BCUT2D eigenvalue weighted by molar-refractivity contribution is -0.141. The fraction of sp³-hybridized carbons (Fsp3) is 0.250. The average Bonchev–Trinajstić information content (AvgIpc) is 2.82. The van der Waals surface area contributed by atoms with E-state index < -0.39 is 35.5 Å². The number of amides is 1. The molecular formula is C16H13F3N2O2. The summed E-state index contributed by atoms with van der Waals surface area (Å²) in [7, 11) is 0. The summed E-state index contributed by atoms with van der Waals surface area (Å²) < 4.78 is 38.8. The molecule has 1 amide bonds. The summed E-state index contributed by atoms with van der Waals surface area (Å²) in [5.41, 5.74) is -0.215. The second-order valence-electron chi connectivity index (χ2n) is 5.32. The number of pyridine rings is 1. The van der Waals surface area contributed by atoms with Crippen molar-refractivity contribution in [2.75, 3.05) is 0 Å². The largest absolute Gasteiger partial charge is 0.434 e. The fourth-order valence-electron chi connectivity index (χ4n) is 2.78. The van der Waals surface area contributed by atoms with Gasteiger partial charge in [-0.3, -0.25) is 9.78 Å². The maximum absolute atomic E-state index is 12.9. The summed E-state index contributed by atoms with van der Waals surface area (Å²) in [6, 6.07) is 8.71. The molecule has 120 valence electrons. The van der Waals surface area contributed by atoms with Gasteiger partial charge in [0, 0.05) is 12.6 Å². The molecule has 0 saturated heterocycles. The highest BCUT2D eigenvalue weighted by atomic mass is 19.4. The highest BCUT2D eigenvalue weighted by Crippen LogP contribution is 2.33. The molecule has 0 aliphatic heterocycles. The first-order chi connectivity index (χ1) is 10.9. The quantitative estimate of drug-likeness (QED) is 0.893. The number of fused-ring (bicyclic) bond motifs is 1. The normalized spacial score (nSPS) is 20.2. The minimum Gasteiger partial charge on any atom is -0.390 e.